The lowest BCUT2D eigenvalue weighted by molar-refractivity contribution is -0.140. The highest BCUT2D eigenvalue weighted by Gasteiger charge is 2.41. The Balaban J connectivity index is 1.81. The third-order valence-corrected chi connectivity index (χ3v) is 6.89. The molecule has 0 aliphatic carbocycles. The van der Waals surface area contributed by atoms with Crippen molar-refractivity contribution in [3.05, 3.63) is 81.8 Å². The third kappa shape index (κ3) is 4.17. The van der Waals surface area contributed by atoms with Crippen LogP contribution < -0.4 is 5.32 Å². The van der Waals surface area contributed by atoms with Gasteiger partial charge in [-0.1, -0.05) is 18.2 Å². The highest BCUT2D eigenvalue weighted by atomic mass is 79.9. The first kappa shape index (κ1) is 22.5. The van der Waals surface area contributed by atoms with Crippen molar-refractivity contribution in [1.82, 2.24) is 19.8 Å². The Morgan fingerprint density at radius 1 is 1.22 bits per heavy atom. The molecule has 1 aliphatic rings. The Kier molecular flexibility index (Phi) is 6.62. The van der Waals surface area contributed by atoms with Crippen molar-refractivity contribution >= 4 is 39.2 Å². The number of nitrogens with zero attached hydrogens (tertiary/aromatic N) is 3. The molecule has 0 bridgehead atoms. The molecule has 166 valence electrons. The van der Waals surface area contributed by atoms with E-state index in [0.717, 1.165) is 32.8 Å². The number of halogens is 1. The van der Waals surface area contributed by atoms with Gasteiger partial charge in [-0.05, 0) is 77.9 Å². The topological polar surface area (TPSA) is 59.4 Å². The Morgan fingerprint density at radius 2 is 1.97 bits per heavy atom. The molecule has 0 amide bonds. The third-order valence-electron chi connectivity index (χ3n) is 5.86. The maximum atomic E-state index is 11.9. The number of nitrogens with one attached hydrogen (secondary N) is 1. The number of pyridine rings is 1. The highest BCUT2D eigenvalue weighted by Crippen LogP contribution is 2.41. The van der Waals surface area contributed by atoms with Gasteiger partial charge in [0.1, 0.15) is 0 Å². The fourth-order valence-corrected chi connectivity index (χ4v) is 5.18. The van der Waals surface area contributed by atoms with Crippen LogP contribution in [0.5, 0.6) is 0 Å². The molecule has 32 heavy (non-hydrogen) atoms. The molecule has 1 fully saturated rings. The van der Waals surface area contributed by atoms with Crippen molar-refractivity contribution < 1.29 is 9.53 Å². The number of thiocarbonyl (C=S) groups is 1. The number of carbonyl (C=O) groups is 1. The van der Waals surface area contributed by atoms with Crippen LogP contribution in [0.4, 0.5) is 0 Å². The van der Waals surface area contributed by atoms with Gasteiger partial charge in [-0.25, -0.2) is 0 Å². The lowest BCUT2D eigenvalue weighted by Crippen LogP contribution is -2.32. The van der Waals surface area contributed by atoms with Crippen molar-refractivity contribution in [3.63, 3.8) is 0 Å². The quantitative estimate of drug-likeness (QED) is 0.378. The van der Waals surface area contributed by atoms with Crippen LogP contribution >= 0.6 is 28.1 Å². The second-order valence-corrected chi connectivity index (χ2v) is 9.00. The number of aryl methyl sites for hydroxylation is 1. The molecule has 0 radical (unpaired) electrons. The monoisotopic (exact) mass is 512 g/mol. The molecule has 1 saturated heterocycles. The molecule has 2 atom stereocenters. The summed E-state index contributed by atoms with van der Waals surface area (Å²) in [5, 5.41) is 4.05. The number of benzene rings is 1. The summed E-state index contributed by atoms with van der Waals surface area (Å²) < 4.78 is 8.13. The van der Waals surface area contributed by atoms with Crippen LogP contribution in [0, 0.1) is 13.8 Å². The number of para-hydroxylation sites is 1. The van der Waals surface area contributed by atoms with Crippen LogP contribution in [0.3, 0.4) is 0 Å². The second-order valence-electron chi connectivity index (χ2n) is 7.76. The van der Waals surface area contributed by atoms with Gasteiger partial charge < -0.3 is 19.5 Å². The van der Waals surface area contributed by atoms with Crippen molar-refractivity contribution in [2.45, 2.75) is 32.4 Å². The van der Waals surface area contributed by atoms with Crippen LogP contribution in [0.15, 0.2) is 59.2 Å². The van der Waals surface area contributed by atoms with Gasteiger partial charge in [-0.15, -0.1) is 0 Å². The van der Waals surface area contributed by atoms with Gasteiger partial charge in [0.05, 0.1) is 37.0 Å². The minimum atomic E-state index is -0.258. The van der Waals surface area contributed by atoms with Gasteiger partial charge in [0.15, 0.2) is 5.11 Å². The lowest BCUT2D eigenvalue weighted by Gasteiger charge is -2.28. The van der Waals surface area contributed by atoms with Crippen LogP contribution in [0.25, 0.3) is 5.69 Å². The number of aromatic nitrogens is 2. The molecule has 4 rings (SSSR count). The second kappa shape index (κ2) is 9.42. The average Bonchev–Trinajstić information content (AvgIpc) is 3.28. The van der Waals surface area contributed by atoms with E-state index in [1.165, 1.54) is 7.11 Å². The highest BCUT2D eigenvalue weighted by molar-refractivity contribution is 9.10. The molecule has 0 spiro atoms. The molecular weight excluding hydrogens is 488 g/mol. The molecule has 2 aromatic heterocycles. The lowest BCUT2D eigenvalue weighted by atomic mass is 9.96. The number of hydrogen-bond acceptors (Lipinski definition) is 4. The molecule has 8 heteroatoms. The maximum absolute atomic E-state index is 11.9. The van der Waals surface area contributed by atoms with Crippen LogP contribution in [0.1, 0.15) is 41.1 Å². The predicted octanol–water partition coefficient (Wildman–Crippen LogP) is 4.79. The fraction of sp³-hybridized carbons (Fsp3) is 0.292. The number of hydrogen-bond donors (Lipinski definition) is 1. The average molecular weight is 513 g/mol. The van der Waals surface area contributed by atoms with E-state index in [1.54, 1.807) is 6.20 Å². The van der Waals surface area contributed by atoms with E-state index in [0.29, 0.717) is 11.7 Å². The van der Waals surface area contributed by atoms with Gasteiger partial charge >= 0.3 is 5.97 Å². The van der Waals surface area contributed by atoms with Crippen LogP contribution in [-0.4, -0.2) is 39.2 Å². The van der Waals surface area contributed by atoms with Gasteiger partial charge in [0.25, 0.3) is 0 Å². The van der Waals surface area contributed by atoms with E-state index in [4.69, 9.17) is 17.0 Å². The molecule has 1 aromatic carbocycles. The summed E-state index contributed by atoms with van der Waals surface area (Å²) in [7, 11) is 1.41. The standard InChI is InChI=1S/C24H25BrN4O2S/c1-15-14-17(16(2)29(15)20-10-5-4-8-18(20)25)23-22(19-9-6-7-12-26-19)27-24(32)28(23)13-11-21(30)31-3/h4-10,12,14,22-23H,11,13H2,1-3H3,(H,27,32)/t22-,23+/m1/s1. The Morgan fingerprint density at radius 3 is 2.66 bits per heavy atom. The number of carbonyl (C=O) groups excluding carboxylic acids is 1. The zero-order valence-corrected chi connectivity index (χ0v) is 20.6. The van der Waals surface area contributed by atoms with E-state index in [1.807, 2.05) is 36.4 Å². The zero-order valence-electron chi connectivity index (χ0n) is 18.2. The van der Waals surface area contributed by atoms with Gasteiger partial charge in [0.2, 0.25) is 0 Å². The molecule has 6 nitrogen and oxygen atoms in total. The minimum Gasteiger partial charge on any atom is -0.469 e. The van der Waals surface area contributed by atoms with Gasteiger partial charge in [-0.2, -0.15) is 0 Å². The van der Waals surface area contributed by atoms with E-state index >= 15 is 0 Å². The Labute approximate surface area is 201 Å². The van der Waals surface area contributed by atoms with E-state index < -0.39 is 0 Å². The summed E-state index contributed by atoms with van der Waals surface area (Å²) >= 11 is 9.39. The van der Waals surface area contributed by atoms with Crippen molar-refractivity contribution in [1.29, 1.82) is 0 Å². The zero-order chi connectivity index (χ0) is 22.8. The first-order chi connectivity index (χ1) is 15.4. The number of ether oxygens (including phenoxy) is 1. The summed E-state index contributed by atoms with van der Waals surface area (Å²) in [6.45, 7) is 4.69. The molecule has 0 unspecified atom stereocenters. The number of esters is 1. The van der Waals surface area contributed by atoms with Crippen molar-refractivity contribution in [2.75, 3.05) is 13.7 Å². The largest absolute Gasteiger partial charge is 0.469 e. The SMILES string of the molecule is COC(=O)CCN1C(=S)N[C@H](c2ccccn2)[C@@H]1c1cc(C)n(-c2ccccc2Br)c1C. The molecular formula is C24H25BrN4O2S. The maximum Gasteiger partial charge on any atom is 0.307 e. The molecule has 3 heterocycles. The summed E-state index contributed by atoms with van der Waals surface area (Å²) in [5.74, 6) is -0.258. The Hall–Kier alpha value is -2.71. The molecule has 1 aliphatic heterocycles. The summed E-state index contributed by atoms with van der Waals surface area (Å²) in [4.78, 5) is 18.6. The van der Waals surface area contributed by atoms with Gasteiger partial charge in [-0.3, -0.25) is 9.78 Å². The van der Waals surface area contributed by atoms with Crippen LogP contribution in [0.2, 0.25) is 0 Å². The predicted molar refractivity (Wildman–Crippen MR) is 132 cm³/mol. The van der Waals surface area contributed by atoms with E-state index in [2.05, 4.69) is 61.7 Å². The normalized spacial score (nSPS) is 18.0. The molecule has 0 saturated carbocycles. The first-order valence-electron chi connectivity index (χ1n) is 10.4. The smallest absolute Gasteiger partial charge is 0.307 e. The van der Waals surface area contributed by atoms with Gasteiger partial charge in [0, 0.05) is 28.6 Å². The number of rotatable bonds is 6. The first-order valence-corrected chi connectivity index (χ1v) is 11.6. The molecule has 1 N–H and O–H groups in total. The molecule has 3 aromatic rings. The summed E-state index contributed by atoms with van der Waals surface area (Å²) in [6, 6.07) is 16.0. The summed E-state index contributed by atoms with van der Waals surface area (Å²) in [6.07, 6.45) is 2.05. The number of methoxy groups -OCH3 is 1. The van der Waals surface area contributed by atoms with Crippen molar-refractivity contribution in [2.24, 2.45) is 0 Å². The van der Waals surface area contributed by atoms with Crippen molar-refractivity contribution in [3.8, 4) is 5.69 Å². The summed E-state index contributed by atoms with van der Waals surface area (Å²) in [5.41, 5.74) is 5.37. The van der Waals surface area contributed by atoms with Crippen LogP contribution in [-0.2, 0) is 9.53 Å². The van der Waals surface area contributed by atoms with E-state index in [-0.39, 0.29) is 24.5 Å². The Bertz CT molecular complexity index is 1150. The fourth-order valence-electron chi connectivity index (χ4n) is 4.39. The van der Waals surface area contributed by atoms with E-state index in [9.17, 15) is 4.79 Å². The minimum absolute atomic E-state index is 0.107.